The van der Waals surface area contributed by atoms with E-state index in [4.69, 9.17) is 44.8 Å². The summed E-state index contributed by atoms with van der Waals surface area (Å²) in [6.45, 7) is 20.6. The second-order valence-corrected chi connectivity index (χ2v) is 24.2. The van der Waals surface area contributed by atoms with Gasteiger partial charge in [0.15, 0.2) is 5.60 Å². The lowest BCUT2D eigenvalue weighted by atomic mass is 9.76. The van der Waals surface area contributed by atoms with Crippen LogP contribution >= 0.6 is 11.6 Å². The maximum absolute atomic E-state index is 12.8. The number of cyclic esters (lactones) is 2. The van der Waals surface area contributed by atoms with Gasteiger partial charge in [-0.3, -0.25) is 4.99 Å². The predicted molar refractivity (Wildman–Crippen MR) is 388 cm³/mol. The zero-order valence-electron chi connectivity index (χ0n) is 57.2. The Labute approximate surface area is 575 Å². The number of unbranched alkanes of at least 4 members (excludes halogenated alkanes) is 2. The zero-order valence-corrected chi connectivity index (χ0v) is 58.0. The number of halogens is 1. The molecule has 9 aromatic rings. The molecule has 15 nitrogen and oxygen atoms in total. The van der Waals surface area contributed by atoms with Crippen LogP contribution in [0, 0.1) is 13.8 Å². The van der Waals surface area contributed by atoms with E-state index in [1.165, 1.54) is 5.69 Å². The van der Waals surface area contributed by atoms with Crippen molar-refractivity contribution in [2.24, 2.45) is 4.99 Å². The predicted octanol–water partition coefficient (Wildman–Crippen LogP) is 18.5. The van der Waals surface area contributed by atoms with Gasteiger partial charge < -0.3 is 53.6 Å². The minimum Gasteiger partial charge on any atom is -0.496 e. The number of aryl methyl sites for hydroxylation is 2. The summed E-state index contributed by atoms with van der Waals surface area (Å²) in [5.74, 6) is 1.77. The molecule has 0 fully saturated rings. The highest BCUT2D eigenvalue weighted by atomic mass is 35.5. The number of ether oxygens (including phenoxy) is 7. The number of anilines is 4. The van der Waals surface area contributed by atoms with Crippen molar-refractivity contribution < 1.29 is 47.5 Å². The SMILES string of the molecule is CC=Nc1ccccc1C1(OC)c2cc(C)c(OC)cc2Oc2cc(OC)c(C)cc21.CCCCN(CCCC)c1ccc(C2(Nc3ccccc3Cl)OC(=O)c3ccccc32)cc1.CCOC(=O)c1ccc(NC2(c3ccc(N(CC)CC)cc3)OC(=O)c3ccccc32)cc1. The Morgan fingerprint density at radius 1 is 0.557 bits per heavy atom. The third-order valence-electron chi connectivity index (χ3n) is 17.9. The van der Waals surface area contributed by atoms with Crippen LogP contribution in [0.3, 0.4) is 0 Å². The Morgan fingerprint density at radius 2 is 1.03 bits per heavy atom. The van der Waals surface area contributed by atoms with E-state index in [1.54, 1.807) is 70.9 Å². The van der Waals surface area contributed by atoms with E-state index >= 15 is 0 Å². The van der Waals surface area contributed by atoms with Crippen molar-refractivity contribution >= 4 is 64.2 Å². The summed E-state index contributed by atoms with van der Waals surface area (Å²) in [5, 5.41) is 7.45. The molecule has 2 N–H and O–H groups in total. The van der Waals surface area contributed by atoms with Crippen LogP contribution in [0.5, 0.6) is 23.0 Å². The monoisotopic (exact) mass is 1320 g/mol. The lowest BCUT2D eigenvalue weighted by Gasteiger charge is -2.40. The van der Waals surface area contributed by atoms with Crippen molar-refractivity contribution in [2.75, 3.05) is 74.5 Å². The minimum atomic E-state index is -1.18. The minimum absolute atomic E-state index is 0.318. The fourth-order valence-corrected chi connectivity index (χ4v) is 13.1. The van der Waals surface area contributed by atoms with Gasteiger partial charge in [-0.25, -0.2) is 14.4 Å². The molecular weight excluding hydrogens is 1240 g/mol. The van der Waals surface area contributed by atoms with E-state index in [1.807, 2.05) is 136 Å². The molecule has 12 rings (SSSR count). The normalized spacial score (nSPS) is 15.9. The zero-order chi connectivity index (χ0) is 68.9. The van der Waals surface area contributed by atoms with Crippen LogP contribution in [-0.4, -0.2) is 78.2 Å². The largest absolute Gasteiger partial charge is 0.496 e. The van der Waals surface area contributed by atoms with Crippen molar-refractivity contribution in [3.63, 3.8) is 0 Å². The van der Waals surface area contributed by atoms with E-state index in [2.05, 4.69) is 95.6 Å². The third-order valence-corrected chi connectivity index (χ3v) is 18.2. The van der Waals surface area contributed by atoms with Gasteiger partial charge in [-0.05, 0) is 157 Å². The van der Waals surface area contributed by atoms with Gasteiger partial charge in [0.1, 0.15) is 23.0 Å². The number of methoxy groups -OCH3 is 3. The fraction of sp³-hybridized carbons (Fsp3) is 0.284. The van der Waals surface area contributed by atoms with E-state index in [0.717, 1.165) is 125 Å². The molecule has 0 aliphatic carbocycles. The first-order valence-corrected chi connectivity index (χ1v) is 33.6. The van der Waals surface area contributed by atoms with Crippen molar-refractivity contribution in [3.05, 3.63) is 266 Å². The Hall–Kier alpha value is -10.1. The number of fused-ring (bicyclic) bond motifs is 4. The molecule has 3 heterocycles. The Bertz CT molecular complexity index is 4200. The van der Waals surface area contributed by atoms with Crippen molar-refractivity contribution in [1.29, 1.82) is 0 Å². The molecule has 9 aromatic carbocycles. The summed E-state index contributed by atoms with van der Waals surface area (Å²) in [7, 11) is 5.05. The quantitative estimate of drug-likeness (QED) is 0.0354. The molecule has 2 atom stereocenters. The summed E-state index contributed by atoms with van der Waals surface area (Å²) in [4.78, 5) is 47.0. The van der Waals surface area contributed by atoms with Gasteiger partial charge in [0.05, 0.1) is 53.9 Å². The van der Waals surface area contributed by atoms with Crippen LogP contribution in [0.1, 0.15) is 148 Å². The van der Waals surface area contributed by atoms with Gasteiger partial charge in [0.2, 0.25) is 11.4 Å². The average Bonchev–Trinajstić information content (AvgIpc) is 1.46. The van der Waals surface area contributed by atoms with Crippen molar-refractivity contribution in [1.82, 2.24) is 0 Å². The molecule has 0 saturated carbocycles. The van der Waals surface area contributed by atoms with Crippen LogP contribution < -0.4 is 34.6 Å². The van der Waals surface area contributed by atoms with Gasteiger partial charge in [-0.15, -0.1) is 0 Å². The first-order valence-electron chi connectivity index (χ1n) is 33.2. The fourth-order valence-electron chi connectivity index (χ4n) is 12.9. The number of aliphatic imine (C=N–C) groups is 1. The number of hydrogen-bond donors (Lipinski definition) is 2. The molecular formula is C81H86ClN5O10. The van der Waals surface area contributed by atoms with Crippen LogP contribution in [0.25, 0.3) is 0 Å². The number of carbonyl (C=O) groups excluding carboxylic acids is 3. The lowest BCUT2D eigenvalue weighted by molar-refractivity contribution is 0.0203. The number of para-hydroxylation sites is 2. The molecule has 3 aliphatic heterocycles. The second-order valence-electron chi connectivity index (χ2n) is 23.7. The molecule has 0 aromatic heterocycles. The number of nitrogens with zero attached hydrogens (tertiary/aromatic N) is 3. The number of nitrogens with one attached hydrogen (secondary N) is 2. The standard InChI is InChI=1S/C28H31ClN2O2.C27H28N2O4.C26H27NO4/c1-3-5-19-31(20-6-4-2)22-17-15-21(16-18-22)28(30-26-14-10-9-13-25(26)29)24-12-8-7-11-23(24)27(32)33-28;1-4-29(5-2)22-17-13-20(14-18-22)27(24-10-8-7-9-23(24)26(31)33-27)28-21-15-11-19(12-16-21)25(30)32-6-3;1-7-27-21-11-9-8-10-18(21)26(30-6)19-12-16(2)22(28-4)14-24(19)31-25-15-23(29-5)17(3)13-20(25)26/h7-18,30H,3-6,19-20H2,1-2H3;7-18,28H,4-6H2,1-3H3;7-15H,1-6H3. The highest BCUT2D eigenvalue weighted by molar-refractivity contribution is 6.33. The Balaban J connectivity index is 0.000000158. The number of rotatable bonds is 23. The van der Waals surface area contributed by atoms with Crippen LogP contribution in [0.4, 0.5) is 28.4 Å². The van der Waals surface area contributed by atoms with Crippen LogP contribution in [0.15, 0.2) is 199 Å². The maximum Gasteiger partial charge on any atom is 0.341 e. The molecule has 502 valence electrons. The van der Waals surface area contributed by atoms with Crippen LogP contribution in [-0.2, 0) is 36.0 Å². The number of esters is 3. The van der Waals surface area contributed by atoms with Crippen molar-refractivity contribution in [3.8, 4) is 23.0 Å². The summed E-state index contributed by atoms with van der Waals surface area (Å²) < 4.78 is 41.1. The maximum atomic E-state index is 12.8. The van der Waals surface area contributed by atoms with Gasteiger partial charge in [0.25, 0.3) is 0 Å². The molecule has 2 unspecified atom stereocenters. The molecule has 97 heavy (non-hydrogen) atoms. The van der Waals surface area contributed by atoms with Gasteiger partial charge in [-0.2, -0.15) is 0 Å². The molecule has 0 bridgehead atoms. The molecule has 0 amide bonds. The van der Waals surface area contributed by atoms with E-state index in [-0.39, 0.29) is 17.9 Å². The molecule has 3 aliphatic rings. The van der Waals surface area contributed by atoms with E-state index in [0.29, 0.717) is 51.2 Å². The molecule has 0 spiro atoms. The molecule has 16 heteroatoms. The number of benzene rings is 9. The summed E-state index contributed by atoms with van der Waals surface area (Å²) in [5.41, 5.74) is 10.8. The summed E-state index contributed by atoms with van der Waals surface area (Å²) >= 11 is 6.47. The Morgan fingerprint density at radius 3 is 1.51 bits per heavy atom. The highest BCUT2D eigenvalue weighted by Crippen LogP contribution is 2.56. The second kappa shape index (κ2) is 31.2. The molecule has 0 saturated heterocycles. The van der Waals surface area contributed by atoms with E-state index < -0.39 is 17.1 Å². The van der Waals surface area contributed by atoms with Crippen molar-refractivity contribution in [2.45, 2.75) is 98.1 Å². The lowest BCUT2D eigenvalue weighted by Crippen LogP contribution is -2.37. The van der Waals surface area contributed by atoms with Gasteiger partial charge >= 0.3 is 17.9 Å². The van der Waals surface area contributed by atoms with Gasteiger partial charge in [-0.1, -0.05) is 129 Å². The first kappa shape index (κ1) is 69.7. The first-order chi connectivity index (χ1) is 47.1. The smallest absolute Gasteiger partial charge is 0.341 e. The average molecular weight is 1330 g/mol. The number of carbonyl (C=O) groups is 3. The topological polar surface area (TPSA) is 159 Å². The third kappa shape index (κ3) is 14.1. The van der Waals surface area contributed by atoms with Crippen LogP contribution in [0.2, 0.25) is 5.02 Å². The highest BCUT2D eigenvalue weighted by Gasteiger charge is 2.50. The molecule has 0 radical (unpaired) electrons. The van der Waals surface area contributed by atoms with Gasteiger partial charge in [0, 0.05) is 108 Å². The number of hydrogen-bond acceptors (Lipinski definition) is 15. The summed E-state index contributed by atoms with van der Waals surface area (Å²) in [6.07, 6.45) is 6.45. The summed E-state index contributed by atoms with van der Waals surface area (Å²) in [6, 6.07) is 61.9. The Kier molecular flexibility index (Phi) is 22.4. The van der Waals surface area contributed by atoms with E-state index in [9.17, 15) is 14.4 Å².